The zero-order chi connectivity index (χ0) is 34.4. The predicted octanol–water partition coefficient (Wildman–Crippen LogP) is 7.24. The van der Waals surface area contributed by atoms with Crippen LogP contribution in [0.15, 0.2) is 12.2 Å². The van der Waals surface area contributed by atoms with Gasteiger partial charge in [-0.2, -0.15) is 0 Å². The lowest BCUT2D eigenvalue weighted by atomic mass is 9.70. The van der Waals surface area contributed by atoms with E-state index in [1.54, 1.807) is 12.2 Å². The molecule has 4 fully saturated rings. The molecule has 4 unspecified atom stereocenters. The van der Waals surface area contributed by atoms with E-state index in [-0.39, 0.29) is 68.7 Å². The van der Waals surface area contributed by atoms with E-state index in [4.69, 9.17) is 18.9 Å². The van der Waals surface area contributed by atoms with Gasteiger partial charge in [0.25, 0.3) is 0 Å². The number of rotatable bonds is 10. The van der Waals surface area contributed by atoms with Crippen LogP contribution in [0.25, 0.3) is 0 Å². The highest BCUT2D eigenvalue weighted by Crippen LogP contribution is 2.68. The number of carboxylic acids is 2. The Labute approximate surface area is 277 Å². The number of fused-ring (bicyclic) bond motifs is 4. The van der Waals surface area contributed by atoms with Gasteiger partial charge < -0.3 is 29.2 Å². The third kappa shape index (κ3) is 5.69. The number of aliphatic carboxylic acids is 2. The quantitative estimate of drug-likeness (QED) is 0.239. The van der Waals surface area contributed by atoms with Crippen molar-refractivity contribution in [2.24, 2.45) is 56.2 Å². The summed E-state index contributed by atoms with van der Waals surface area (Å²) in [5.41, 5.74) is -0.478. The fourth-order valence-corrected chi connectivity index (χ4v) is 10.1. The van der Waals surface area contributed by atoms with Crippen LogP contribution in [0.2, 0.25) is 0 Å². The molecule has 4 bridgehead atoms. The Bertz CT molecular complexity index is 1120. The van der Waals surface area contributed by atoms with E-state index in [2.05, 4.69) is 83.1 Å². The Morgan fingerprint density at radius 2 is 0.978 bits per heavy atom. The number of hydrogen-bond acceptors (Lipinski definition) is 6. The fraction of sp³-hybridized carbons (Fsp3) is 0.895. The summed E-state index contributed by atoms with van der Waals surface area (Å²) in [5, 5.41) is 21.2. The highest BCUT2D eigenvalue weighted by Gasteiger charge is 2.70. The Morgan fingerprint density at radius 1 is 0.652 bits per heavy atom. The summed E-state index contributed by atoms with van der Waals surface area (Å²) in [6.45, 7) is 27.6. The first-order valence-corrected chi connectivity index (χ1v) is 17.6. The molecule has 0 saturated heterocycles. The van der Waals surface area contributed by atoms with Crippen LogP contribution in [0.3, 0.4) is 0 Å². The van der Waals surface area contributed by atoms with E-state index in [0.29, 0.717) is 13.2 Å². The molecule has 0 aliphatic heterocycles. The largest absolute Gasteiger partial charge is 0.481 e. The van der Waals surface area contributed by atoms with Crippen LogP contribution in [0, 0.1) is 56.2 Å². The van der Waals surface area contributed by atoms with Crippen molar-refractivity contribution in [3.8, 4) is 0 Å². The van der Waals surface area contributed by atoms with Gasteiger partial charge in [0.15, 0.2) is 0 Å². The number of carbonyl (C=O) groups is 2. The van der Waals surface area contributed by atoms with Crippen molar-refractivity contribution in [1.82, 2.24) is 0 Å². The minimum Gasteiger partial charge on any atom is -0.481 e. The maximum atomic E-state index is 13.0. The summed E-state index contributed by atoms with van der Waals surface area (Å²) in [6.07, 6.45) is 4.59. The van der Waals surface area contributed by atoms with Gasteiger partial charge in [0, 0.05) is 10.8 Å². The van der Waals surface area contributed by atoms with Crippen LogP contribution in [0.4, 0.5) is 0 Å². The molecule has 8 heteroatoms. The van der Waals surface area contributed by atoms with Crippen LogP contribution in [0.1, 0.15) is 109 Å². The molecule has 0 spiro atoms. The van der Waals surface area contributed by atoms with E-state index in [0.717, 1.165) is 25.7 Å². The maximum Gasteiger partial charge on any atom is 0.310 e. The van der Waals surface area contributed by atoms with Crippen molar-refractivity contribution >= 4 is 11.9 Å². The lowest BCUT2D eigenvalue weighted by molar-refractivity contribution is -0.191. The van der Waals surface area contributed by atoms with Crippen LogP contribution in [0.5, 0.6) is 0 Å². The van der Waals surface area contributed by atoms with Crippen molar-refractivity contribution in [3.63, 3.8) is 0 Å². The minimum atomic E-state index is -1.30. The lowest BCUT2D eigenvalue weighted by Gasteiger charge is -2.44. The Kier molecular flexibility index (Phi) is 9.00. The van der Waals surface area contributed by atoms with Crippen LogP contribution < -0.4 is 0 Å². The summed E-state index contributed by atoms with van der Waals surface area (Å²) in [5.74, 6) is -4.61. The summed E-state index contributed by atoms with van der Waals surface area (Å²) in [6, 6.07) is 0. The second-order valence-corrected chi connectivity index (χ2v) is 19.4. The van der Waals surface area contributed by atoms with Gasteiger partial charge in [0.1, 0.15) is 11.8 Å². The van der Waals surface area contributed by atoms with Gasteiger partial charge in [-0.1, -0.05) is 95.2 Å². The van der Waals surface area contributed by atoms with E-state index in [1.807, 2.05) is 0 Å². The SMILES string of the molecule is CC(C)(C)COC1C(O[C@H]2C=C[C@@H](OC3C(OCC(C)(C)C)[C@]4(C)CC[C@@H]3C4(C)C)[C@H](C(=O)O)[C@H]2C(=O)O)[C@@H]2CC[C@]1(C)C2(C)C. The first-order chi connectivity index (χ1) is 21.0. The van der Waals surface area contributed by atoms with Gasteiger partial charge in [-0.05, 0) is 59.2 Å². The normalized spacial score (nSPS) is 44.2. The second-order valence-electron chi connectivity index (χ2n) is 19.4. The van der Waals surface area contributed by atoms with Crippen molar-refractivity contribution < 1.29 is 38.7 Å². The Morgan fingerprint density at radius 3 is 1.26 bits per heavy atom. The molecule has 4 saturated carbocycles. The smallest absolute Gasteiger partial charge is 0.310 e. The van der Waals surface area contributed by atoms with E-state index in [1.165, 1.54) is 0 Å². The molecular weight excluding hydrogens is 584 g/mol. The van der Waals surface area contributed by atoms with Crippen molar-refractivity contribution in [2.45, 2.75) is 145 Å². The van der Waals surface area contributed by atoms with Gasteiger partial charge in [-0.15, -0.1) is 0 Å². The third-order valence-corrected chi connectivity index (χ3v) is 13.6. The molecule has 5 aliphatic carbocycles. The molecule has 0 radical (unpaired) electrons. The van der Waals surface area contributed by atoms with Gasteiger partial charge in [0.05, 0.1) is 49.8 Å². The minimum absolute atomic E-state index is 0.0417. The van der Waals surface area contributed by atoms with Gasteiger partial charge in [0.2, 0.25) is 0 Å². The summed E-state index contributed by atoms with van der Waals surface area (Å²) < 4.78 is 26.9. The fourth-order valence-electron chi connectivity index (χ4n) is 10.1. The number of ether oxygens (including phenoxy) is 4. The molecular formula is C38H62O8. The zero-order valence-corrected chi connectivity index (χ0v) is 30.5. The molecule has 2 N–H and O–H groups in total. The molecule has 0 aromatic heterocycles. The predicted molar refractivity (Wildman–Crippen MR) is 176 cm³/mol. The summed E-state index contributed by atoms with van der Waals surface area (Å²) in [4.78, 5) is 26.0. The standard InChI is InChI=1S/C38H62O8/c1-33(2,3)19-43-29-27(21-15-17-37(29,11)35(21,7)8)45-23-13-14-24(26(32(41)42)25(23)31(39)40)46-28-22-16-18-38(12,36(22,9)10)30(28)44-20-34(4,5)6/h13-14,21-30H,15-20H2,1-12H3,(H,39,40)(H,41,42)/t21-,22-,23-,24+,25-,26-,27?,28?,29?,30?,37-,38-/m0/s1. The molecule has 8 nitrogen and oxygen atoms in total. The number of hydrogen-bond donors (Lipinski definition) is 2. The molecule has 5 aliphatic rings. The first-order valence-electron chi connectivity index (χ1n) is 17.6. The van der Waals surface area contributed by atoms with Crippen LogP contribution >= 0.6 is 0 Å². The zero-order valence-electron chi connectivity index (χ0n) is 30.5. The first kappa shape index (κ1) is 35.8. The van der Waals surface area contributed by atoms with E-state index < -0.39 is 36.0 Å². The number of carboxylic acid groups (broad SMARTS) is 2. The van der Waals surface area contributed by atoms with Crippen LogP contribution in [-0.4, -0.2) is 72.0 Å². The molecule has 0 aromatic rings. The molecule has 46 heavy (non-hydrogen) atoms. The highest BCUT2D eigenvalue weighted by molar-refractivity contribution is 5.82. The Hall–Kier alpha value is -1.48. The molecule has 5 rings (SSSR count). The molecule has 0 amide bonds. The molecule has 262 valence electrons. The highest BCUT2D eigenvalue weighted by atomic mass is 16.6. The summed E-state index contributed by atoms with van der Waals surface area (Å²) in [7, 11) is 0. The third-order valence-electron chi connectivity index (χ3n) is 13.6. The van der Waals surface area contributed by atoms with E-state index in [9.17, 15) is 19.8 Å². The maximum absolute atomic E-state index is 13.0. The molecule has 0 aromatic carbocycles. The van der Waals surface area contributed by atoms with Crippen molar-refractivity contribution in [3.05, 3.63) is 12.2 Å². The van der Waals surface area contributed by atoms with Crippen molar-refractivity contribution in [2.75, 3.05) is 13.2 Å². The second kappa shape index (κ2) is 11.6. The average molecular weight is 647 g/mol. The average Bonchev–Trinajstić information content (AvgIpc) is 3.40. The topological polar surface area (TPSA) is 112 Å². The lowest BCUT2D eigenvalue weighted by Crippen LogP contribution is -2.53. The Balaban J connectivity index is 1.44. The van der Waals surface area contributed by atoms with Gasteiger partial charge in [-0.3, -0.25) is 9.59 Å². The van der Waals surface area contributed by atoms with Crippen molar-refractivity contribution in [1.29, 1.82) is 0 Å². The molecule has 0 heterocycles. The molecule has 12 atom stereocenters. The monoisotopic (exact) mass is 646 g/mol. The summed E-state index contributed by atoms with van der Waals surface area (Å²) >= 11 is 0. The van der Waals surface area contributed by atoms with Gasteiger partial charge >= 0.3 is 11.9 Å². The van der Waals surface area contributed by atoms with Gasteiger partial charge in [-0.25, -0.2) is 0 Å². The van der Waals surface area contributed by atoms with Crippen LogP contribution in [-0.2, 0) is 28.5 Å². The van der Waals surface area contributed by atoms with E-state index >= 15 is 0 Å².